The molecule has 8 heteroatoms. The molecule has 0 radical (unpaired) electrons. The molecule has 1 amide bonds. The van der Waals surface area contributed by atoms with Gasteiger partial charge in [-0.3, -0.25) is 14.4 Å². The van der Waals surface area contributed by atoms with Crippen LogP contribution in [0.4, 0.5) is 5.13 Å². The number of nitrogens with one attached hydrogen (secondary N) is 2. The summed E-state index contributed by atoms with van der Waals surface area (Å²) in [6, 6.07) is 2.87. The molecule has 26 heavy (non-hydrogen) atoms. The fourth-order valence-corrected chi connectivity index (χ4v) is 4.60. The molecule has 0 atom stereocenters. The fourth-order valence-electron chi connectivity index (χ4n) is 3.94. The number of carbonyl (C=O) groups is 1. The van der Waals surface area contributed by atoms with E-state index in [2.05, 4.69) is 36.4 Å². The topological polar surface area (TPSA) is 75.1 Å². The van der Waals surface area contributed by atoms with E-state index in [0.29, 0.717) is 12.2 Å². The first-order valence-corrected chi connectivity index (χ1v) is 10.3. The predicted octanol–water partition coefficient (Wildman–Crippen LogP) is 2.46. The van der Waals surface area contributed by atoms with Gasteiger partial charge >= 0.3 is 0 Å². The van der Waals surface area contributed by atoms with E-state index in [1.54, 1.807) is 12.4 Å². The van der Waals surface area contributed by atoms with Gasteiger partial charge in [-0.1, -0.05) is 19.3 Å². The zero-order chi connectivity index (χ0) is 17.9. The molecule has 1 fully saturated rings. The van der Waals surface area contributed by atoms with E-state index in [1.165, 1.54) is 49.1 Å². The van der Waals surface area contributed by atoms with Crippen molar-refractivity contribution in [3.05, 3.63) is 28.5 Å². The highest BCUT2D eigenvalue weighted by Gasteiger charge is 2.26. The second-order valence-corrected chi connectivity index (χ2v) is 7.94. The Morgan fingerprint density at radius 2 is 2.15 bits per heavy atom. The summed E-state index contributed by atoms with van der Waals surface area (Å²) in [5, 5.41) is 13.0. The average molecular weight is 375 g/mol. The molecule has 4 rings (SSSR count). The monoisotopic (exact) mass is 374 g/mol. The number of aromatic nitrogens is 3. The van der Waals surface area contributed by atoms with Gasteiger partial charge in [0.2, 0.25) is 0 Å². The normalized spacial score (nSPS) is 18.5. The van der Waals surface area contributed by atoms with Crippen LogP contribution in [-0.4, -0.2) is 45.2 Å². The highest BCUT2D eigenvalue weighted by Crippen LogP contribution is 2.26. The van der Waals surface area contributed by atoms with Gasteiger partial charge in [-0.15, -0.1) is 11.3 Å². The third kappa shape index (κ3) is 3.76. The number of hydrogen-bond donors (Lipinski definition) is 2. The molecule has 3 heterocycles. The molecule has 0 spiro atoms. The van der Waals surface area contributed by atoms with E-state index < -0.39 is 0 Å². The first kappa shape index (κ1) is 17.5. The van der Waals surface area contributed by atoms with Crippen LogP contribution in [-0.2, 0) is 19.6 Å². The van der Waals surface area contributed by atoms with Crippen LogP contribution in [0, 0.1) is 0 Å². The third-order valence-corrected chi connectivity index (χ3v) is 6.21. The lowest BCUT2D eigenvalue weighted by Crippen LogP contribution is -2.42. The summed E-state index contributed by atoms with van der Waals surface area (Å²) in [5.74, 6) is -0.155. The minimum atomic E-state index is -0.155. The number of hydrogen-bond acceptors (Lipinski definition) is 6. The first-order valence-electron chi connectivity index (χ1n) is 9.44. The van der Waals surface area contributed by atoms with Crippen LogP contribution in [0.5, 0.6) is 0 Å². The van der Waals surface area contributed by atoms with Crippen LogP contribution in [0.25, 0.3) is 0 Å². The molecule has 1 aliphatic carbocycles. The second-order valence-electron chi connectivity index (χ2n) is 7.08. The molecule has 1 aliphatic heterocycles. The average Bonchev–Trinajstić information content (AvgIpc) is 3.32. The summed E-state index contributed by atoms with van der Waals surface area (Å²) in [7, 11) is 1.80. The molecule has 1 saturated carbocycles. The van der Waals surface area contributed by atoms with Crippen LogP contribution in [0.3, 0.4) is 0 Å². The molecule has 2 N–H and O–H groups in total. The summed E-state index contributed by atoms with van der Waals surface area (Å²) >= 11 is 1.43. The number of fused-ring (bicyclic) bond motifs is 1. The molecule has 0 aromatic carbocycles. The van der Waals surface area contributed by atoms with Gasteiger partial charge in [0, 0.05) is 31.6 Å². The van der Waals surface area contributed by atoms with Crippen LogP contribution >= 0.6 is 11.3 Å². The Morgan fingerprint density at radius 1 is 1.31 bits per heavy atom. The van der Waals surface area contributed by atoms with Crippen molar-refractivity contribution >= 4 is 22.4 Å². The van der Waals surface area contributed by atoms with Crippen molar-refractivity contribution < 1.29 is 4.79 Å². The van der Waals surface area contributed by atoms with Gasteiger partial charge < -0.3 is 10.6 Å². The zero-order valence-electron chi connectivity index (χ0n) is 15.2. The molecular weight excluding hydrogens is 348 g/mol. The second kappa shape index (κ2) is 7.75. The van der Waals surface area contributed by atoms with E-state index in [9.17, 15) is 4.79 Å². The lowest BCUT2D eigenvalue weighted by molar-refractivity contribution is 0.0946. The molecular formula is C18H26N6OS. The minimum Gasteiger partial charge on any atom is -0.365 e. The van der Waals surface area contributed by atoms with Gasteiger partial charge in [0.25, 0.3) is 5.91 Å². The van der Waals surface area contributed by atoms with E-state index in [4.69, 9.17) is 0 Å². The van der Waals surface area contributed by atoms with E-state index in [1.807, 2.05) is 0 Å². The number of anilines is 1. The van der Waals surface area contributed by atoms with Crippen molar-refractivity contribution in [2.75, 3.05) is 18.9 Å². The van der Waals surface area contributed by atoms with Gasteiger partial charge in [0.05, 0.1) is 24.5 Å². The van der Waals surface area contributed by atoms with Crippen molar-refractivity contribution in [3.8, 4) is 0 Å². The summed E-state index contributed by atoms with van der Waals surface area (Å²) in [4.78, 5) is 19.1. The van der Waals surface area contributed by atoms with Crippen LogP contribution < -0.4 is 10.6 Å². The number of rotatable bonds is 5. The maximum Gasteiger partial charge on any atom is 0.271 e. The van der Waals surface area contributed by atoms with Crippen LogP contribution in [0.1, 0.15) is 54.0 Å². The number of nitrogens with zero attached hydrogens (tertiary/aromatic N) is 4. The van der Waals surface area contributed by atoms with Crippen molar-refractivity contribution in [2.24, 2.45) is 0 Å². The van der Waals surface area contributed by atoms with Crippen LogP contribution in [0.2, 0.25) is 0 Å². The van der Waals surface area contributed by atoms with E-state index >= 15 is 0 Å². The Hall–Kier alpha value is -1.93. The van der Waals surface area contributed by atoms with Crippen molar-refractivity contribution in [2.45, 2.75) is 57.8 Å². The fraction of sp³-hybridized carbons (Fsp3) is 0.611. The Balaban J connectivity index is 1.35. The smallest absolute Gasteiger partial charge is 0.271 e. The van der Waals surface area contributed by atoms with Gasteiger partial charge in [-0.25, -0.2) is 4.98 Å². The quantitative estimate of drug-likeness (QED) is 0.841. The highest BCUT2D eigenvalue weighted by molar-refractivity contribution is 7.13. The Kier molecular flexibility index (Phi) is 5.21. The lowest BCUT2D eigenvalue weighted by Gasteiger charge is -2.36. The zero-order valence-corrected chi connectivity index (χ0v) is 16.0. The highest BCUT2D eigenvalue weighted by atomic mass is 32.1. The van der Waals surface area contributed by atoms with Gasteiger partial charge in [-0.2, -0.15) is 5.10 Å². The Bertz CT molecular complexity index is 764. The molecule has 2 aliphatic rings. The number of carbonyl (C=O) groups excluding carboxylic acids is 1. The number of amides is 1. The maximum atomic E-state index is 12.2. The van der Waals surface area contributed by atoms with Crippen LogP contribution in [0.15, 0.2) is 11.4 Å². The molecule has 2 aromatic rings. The van der Waals surface area contributed by atoms with Crippen molar-refractivity contribution in [1.29, 1.82) is 0 Å². The standard InChI is InChI=1S/C18H26N6OS/c1-19-18-21-16(12-26-18)17(25)20-10-13-9-15-11-23(7-8-24(15)22-13)14-5-3-2-4-6-14/h9,12,14H,2-8,10-11H2,1H3,(H,19,21)(H,20,25). The van der Waals surface area contributed by atoms with Gasteiger partial charge in [0.1, 0.15) is 5.69 Å². The Morgan fingerprint density at radius 3 is 2.92 bits per heavy atom. The van der Waals surface area contributed by atoms with Crippen molar-refractivity contribution in [3.63, 3.8) is 0 Å². The van der Waals surface area contributed by atoms with Gasteiger partial charge in [-0.05, 0) is 18.9 Å². The summed E-state index contributed by atoms with van der Waals surface area (Å²) in [5.41, 5.74) is 2.63. The lowest BCUT2D eigenvalue weighted by atomic mass is 9.94. The van der Waals surface area contributed by atoms with E-state index in [0.717, 1.165) is 36.5 Å². The summed E-state index contributed by atoms with van der Waals surface area (Å²) in [6.45, 7) is 3.44. The Labute approximate surface area is 157 Å². The third-order valence-electron chi connectivity index (χ3n) is 5.35. The SMILES string of the molecule is CNc1nc(C(=O)NCc2cc3n(n2)CCN(C2CCCCC2)C3)cs1. The molecule has 0 saturated heterocycles. The van der Waals surface area contributed by atoms with E-state index in [-0.39, 0.29) is 5.91 Å². The minimum absolute atomic E-state index is 0.155. The molecule has 0 unspecified atom stereocenters. The molecule has 140 valence electrons. The summed E-state index contributed by atoms with van der Waals surface area (Å²) in [6.07, 6.45) is 6.78. The molecule has 7 nitrogen and oxygen atoms in total. The first-order chi connectivity index (χ1) is 12.7. The number of thiazole rings is 1. The van der Waals surface area contributed by atoms with Gasteiger partial charge in [0.15, 0.2) is 5.13 Å². The summed E-state index contributed by atoms with van der Waals surface area (Å²) < 4.78 is 2.10. The molecule has 2 aromatic heterocycles. The predicted molar refractivity (Wildman–Crippen MR) is 102 cm³/mol. The largest absolute Gasteiger partial charge is 0.365 e. The maximum absolute atomic E-state index is 12.2. The molecule has 0 bridgehead atoms. The van der Waals surface area contributed by atoms with Crippen molar-refractivity contribution in [1.82, 2.24) is 25.0 Å².